The minimum Gasteiger partial charge on any atom is -0.490 e. The summed E-state index contributed by atoms with van der Waals surface area (Å²) in [5.41, 5.74) is 0.680. The molecule has 0 amide bonds. The van der Waals surface area contributed by atoms with Crippen LogP contribution >= 0.6 is 15.9 Å². The van der Waals surface area contributed by atoms with E-state index in [1.165, 1.54) is 0 Å². The Balaban J connectivity index is 2.49. The predicted molar refractivity (Wildman–Crippen MR) is 83.6 cm³/mol. The zero-order valence-corrected chi connectivity index (χ0v) is 14.2. The van der Waals surface area contributed by atoms with E-state index in [1.54, 1.807) is 26.2 Å². The maximum atomic E-state index is 9.86. The van der Waals surface area contributed by atoms with Gasteiger partial charge in [-0.15, -0.1) is 0 Å². The van der Waals surface area contributed by atoms with E-state index in [-0.39, 0.29) is 19.3 Å². The first-order valence-electron chi connectivity index (χ1n) is 6.83. The van der Waals surface area contributed by atoms with Gasteiger partial charge < -0.3 is 24.4 Å². The third kappa shape index (κ3) is 6.76. The largest absolute Gasteiger partial charge is 0.490 e. The van der Waals surface area contributed by atoms with Gasteiger partial charge in [0.1, 0.15) is 18.5 Å². The van der Waals surface area contributed by atoms with Crippen LogP contribution in [0.25, 0.3) is 0 Å². The number of aliphatic hydroxyl groups is 2. The zero-order chi connectivity index (χ0) is 15.8. The number of halogens is 1. The number of rotatable bonds is 9. The molecule has 6 heteroatoms. The molecular formula is C15H23BrO5. The Morgan fingerprint density at radius 1 is 1.14 bits per heavy atom. The Morgan fingerprint density at radius 3 is 2.48 bits per heavy atom. The minimum atomic E-state index is -0.745. The topological polar surface area (TPSA) is 68.2 Å². The number of ether oxygens (including phenoxy) is 3. The van der Waals surface area contributed by atoms with Gasteiger partial charge in [0, 0.05) is 17.1 Å². The number of benzene rings is 1. The molecule has 0 aliphatic rings. The smallest absolute Gasteiger partial charge is 0.126 e. The number of aliphatic hydroxyl groups excluding tert-OH is 2. The number of methoxy groups -OCH3 is 1. The van der Waals surface area contributed by atoms with E-state index < -0.39 is 12.2 Å². The maximum Gasteiger partial charge on any atom is 0.126 e. The highest BCUT2D eigenvalue weighted by molar-refractivity contribution is 9.10. The summed E-state index contributed by atoms with van der Waals surface area (Å²) in [5.74, 6) is 0.545. The van der Waals surface area contributed by atoms with Crippen LogP contribution in [0.3, 0.4) is 0 Å². The predicted octanol–water partition coefficient (Wildman–Crippen LogP) is 2.29. The Kier molecular flexibility index (Phi) is 8.21. The van der Waals surface area contributed by atoms with Gasteiger partial charge in [-0.25, -0.2) is 0 Å². The van der Waals surface area contributed by atoms with Crippen LogP contribution in [0.4, 0.5) is 0 Å². The molecule has 3 atom stereocenters. The second kappa shape index (κ2) is 9.38. The van der Waals surface area contributed by atoms with Crippen LogP contribution in [0, 0.1) is 0 Å². The summed E-state index contributed by atoms with van der Waals surface area (Å²) in [6, 6.07) is 5.39. The average molecular weight is 363 g/mol. The molecule has 0 aromatic heterocycles. The van der Waals surface area contributed by atoms with Crippen molar-refractivity contribution in [3.05, 3.63) is 28.2 Å². The summed E-state index contributed by atoms with van der Waals surface area (Å²) in [6.07, 6.45) is -1.46. The molecule has 2 N–H and O–H groups in total. The quantitative estimate of drug-likeness (QED) is 0.705. The van der Waals surface area contributed by atoms with E-state index in [0.29, 0.717) is 17.9 Å². The lowest BCUT2D eigenvalue weighted by Gasteiger charge is -2.18. The minimum absolute atomic E-state index is 0.0801. The van der Waals surface area contributed by atoms with Gasteiger partial charge in [-0.2, -0.15) is 0 Å². The first-order valence-corrected chi connectivity index (χ1v) is 7.62. The summed E-state index contributed by atoms with van der Waals surface area (Å²) in [5, 5.41) is 19.6. The molecule has 0 heterocycles. The molecule has 1 aromatic rings. The molecule has 21 heavy (non-hydrogen) atoms. The van der Waals surface area contributed by atoms with E-state index in [2.05, 4.69) is 15.9 Å². The van der Waals surface area contributed by atoms with Crippen molar-refractivity contribution in [2.45, 2.75) is 32.2 Å². The Hall–Kier alpha value is -0.660. The highest BCUT2D eigenvalue weighted by Gasteiger charge is 2.13. The summed E-state index contributed by atoms with van der Waals surface area (Å²) >= 11 is 3.36. The second-order valence-corrected chi connectivity index (χ2v) is 5.84. The van der Waals surface area contributed by atoms with Gasteiger partial charge in [0.2, 0.25) is 0 Å². The third-order valence-corrected chi connectivity index (χ3v) is 3.32. The molecule has 0 radical (unpaired) electrons. The molecule has 0 bridgehead atoms. The Labute approximate surface area is 134 Å². The maximum absolute atomic E-state index is 9.86. The van der Waals surface area contributed by atoms with Crippen LogP contribution in [0.1, 0.15) is 25.5 Å². The monoisotopic (exact) mass is 362 g/mol. The van der Waals surface area contributed by atoms with E-state index in [4.69, 9.17) is 14.2 Å². The van der Waals surface area contributed by atoms with E-state index in [0.717, 1.165) is 4.47 Å². The highest BCUT2D eigenvalue weighted by atomic mass is 79.9. The molecule has 2 unspecified atom stereocenters. The fraction of sp³-hybridized carbons (Fsp3) is 0.600. The van der Waals surface area contributed by atoms with Gasteiger partial charge in [0.25, 0.3) is 0 Å². The lowest BCUT2D eigenvalue weighted by molar-refractivity contribution is -0.0425. The summed E-state index contributed by atoms with van der Waals surface area (Å²) in [4.78, 5) is 0. The first kappa shape index (κ1) is 18.4. The first-order chi connectivity index (χ1) is 9.93. The molecule has 0 saturated carbocycles. The van der Waals surface area contributed by atoms with Crippen molar-refractivity contribution in [3.8, 4) is 5.75 Å². The molecule has 0 fully saturated rings. The molecule has 0 aliphatic heterocycles. The lowest BCUT2D eigenvalue weighted by atomic mass is 10.1. The lowest BCUT2D eigenvalue weighted by Crippen LogP contribution is -2.27. The van der Waals surface area contributed by atoms with Crippen molar-refractivity contribution in [1.82, 2.24) is 0 Å². The van der Waals surface area contributed by atoms with Crippen LogP contribution in [0.5, 0.6) is 5.75 Å². The third-order valence-electron chi connectivity index (χ3n) is 2.83. The molecule has 5 nitrogen and oxygen atoms in total. The standard InChI is InChI=1S/C15H23BrO5/c1-10(7-19-3)20-8-13(18)9-21-15-6-12(16)4-5-14(15)11(2)17/h4-6,10-11,13,17-18H,7-9H2,1-3H3/t10?,11-,13?/m1/s1. The van der Waals surface area contributed by atoms with Gasteiger partial charge in [-0.1, -0.05) is 22.0 Å². The van der Waals surface area contributed by atoms with E-state index in [1.807, 2.05) is 13.0 Å². The summed E-state index contributed by atoms with van der Waals surface area (Å²) < 4.78 is 16.8. The zero-order valence-electron chi connectivity index (χ0n) is 12.6. The molecule has 1 rings (SSSR count). The number of hydrogen-bond donors (Lipinski definition) is 2. The fourth-order valence-corrected chi connectivity index (χ4v) is 2.11. The van der Waals surface area contributed by atoms with Crippen molar-refractivity contribution < 1.29 is 24.4 Å². The van der Waals surface area contributed by atoms with Crippen molar-refractivity contribution in [2.75, 3.05) is 26.9 Å². The highest BCUT2D eigenvalue weighted by Crippen LogP contribution is 2.28. The molecule has 0 saturated heterocycles. The van der Waals surface area contributed by atoms with Crippen LogP contribution in [-0.2, 0) is 9.47 Å². The van der Waals surface area contributed by atoms with Crippen LogP contribution < -0.4 is 4.74 Å². The van der Waals surface area contributed by atoms with Crippen LogP contribution in [-0.4, -0.2) is 49.4 Å². The number of hydrogen-bond acceptors (Lipinski definition) is 5. The normalized spacial score (nSPS) is 15.5. The van der Waals surface area contributed by atoms with Gasteiger partial charge in [0.05, 0.1) is 25.4 Å². The summed E-state index contributed by atoms with van der Waals surface area (Å²) in [6.45, 7) is 4.28. The SMILES string of the molecule is COCC(C)OCC(O)COc1cc(Br)ccc1[C@@H](C)O. The molecule has 0 aliphatic carbocycles. The van der Waals surface area contributed by atoms with E-state index >= 15 is 0 Å². The van der Waals surface area contributed by atoms with Gasteiger partial charge in [0.15, 0.2) is 0 Å². The Bertz CT molecular complexity index is 425. The van der Waals surface area contributed by atoms with Gasteiger partial charge in [-0.05, 0) is 26.0 Å². The van der Waals surface area contributed by atoms with Crippen molar-refractivity contribution >= 4 is 15.9 Å². The Morgan fingerprint density at radius 2 is 1.86 bits per heavy atom. The fourth-order valence-electron chi connectivity index (χ4n) is 1.77. The average Bonchev–Trinajstić information content (AvgIpc) is 2.43. The van der Waals surface area contributed by atoms with Crippen molar-refractivity contribution in [1.29, 1.82) is 0 Å². The van der Waals surface area contributed by atoms with Crippen molar-refractivity contribution in [2.24, 2.45) is 0 Å². The molecule has 1 aromatic carbocycles. The van der Waals surface area contributed by atoms with Crippen LogP contribution in [0.15, 0.2) is 22.7 Å². The van der Waals surface area contributed by atoms with Crippen LogP contribution in [0.2, 0.25) is 0 Å². The second-order valence-electron chi connectivity index (χ2n) is 4.92. The molecule has 0 spiro atoms. The summed E-state index contributed by atoms with van der Waals surface area (Å²) in [7, 11) is 1.60. The van der Waals surface area contributed by atoms with Crippen molar-refractivity contribution in [3.63, 3.8) is 0 Å². The van der Waals surface area contributed by atoms with Gasteiger partial charge >= 0.3 is 0 Å². The van der Waals surface area contributed by atoms with E-state index in [9.17, 15) is 10.2 Å². The molecule has 120 valence electrons. The van der Waals surface area contributed by atoms with Gasteiger partial charge in [-0.3, -0.25) is 0 Å². The molecular weight excluding hydrogens is 340 g/mol.